The van der Waals surface area contributed by atoms with Gasteiger partial charge in [0.1, 0.15) is 11.5 Å². The van der Waals surface area contributed by atoms with Gasteiger partial charge < -0.3 is 14.8 Å². The molecule has 0 radical (unpaired) electrons. The number of hydrogen-bond acceptors (Lipinski definition) is 4. The maximum absolute atomic E-state index is 5.63. The number of aliphatic imine (C=N–C) groups is 1. The van der Waals surface area contributed by atoms with Crippen LogP contribution in [-0.4, -0.2) is 25.5 Å². The summed E-state index contributed by atoms with van der Waals surface area (Å²) in [5.74, 6) is 1.54. The van der Waals surface area contributed by atoms with Crippen LogP contribution in [0.5, 0.6) is 11.5 Å². The minimum absolute atomic E-state index is 0.00133. The predicted molar refractivity (Wildman–Crippen MR) is 98.6 cm³/mol. The average Bonchev–Trinajstić information content (AvgIpc) is 2.91. The van der Waals surface area contributed by atoms with Gasteiger partial charge in [0.15, 0.2) is 0 Å². The second-order valence-corrected chi connectivity index (χ2v) is 6.91. The van der Waals surface area contributed by atoms with Crippen LogP contribution >= 0.6 is 0 Å². The van der Waals surface area contributed by atoms with Crippen molar-refractivity contribution in [1.82, 2.24) is 0 Å². The summed E-state index contributed by atoms with van der Waals surface area (Å²) in [4.78, 5) is 5.00. The molecule has 2 aromatic rings. The number of fused-ring (bicyclic) bond motifs is 1. The van der Waals surface area contributed by atoms with Crippen molar-refractivity contribution >= 4 is 11.4 Å². The van der Waals surface area contributed by atoms with Crippen molar-refractivity contribution in [2.75, 3.05) is 19.5 Å². The van der Waals surface area contributed by atoms with Gasteiger partial charge >= 0.3 is 0 Å². The van der Waals surface area contributed by atoms with Gasteiger partial charge in [-0.05, 0) is 26.3 Å². The van der Waals surface area contributed by atoms with Crippen LogP contribution in [0.3, 0.4) is 0 Å². The van der Waals surface area contributed by atoms with Crippen molar-refractivity contribution in [2.45, 2.75) is 32.4 Å². The van der Waals surface area contributed by atoms with Crippen molar-refractivity contribution in [3.05, 3.63) is 53.6 Å². The lowest BCUT2D eigenvalue weighted by Crippen LogP contribution is -2.20. The van der Waals surface area contributed by atoms with Gasteiger partial charge in [0.2, 0.25) is 0 Å². The van der Waals surface area contributed by atoms with E-state index in [-0.39, 0.29) is 11.6 Å². The fourth-order valence-corrected chi connectivity index (χ4v) is 2.98. The lowest BCUT2D eigenvalue weighted by atomic mass is 9.98. The van der Waals surface area contributed by atoms with E-state index >= 15 is 0 Å². The molecule has 4 heteroatoms. The molecule has 0 bridgehead atoms. The van der Waals surface area contributed by atoms with E-state index in [2.05, 4.69) is 38.2 Å². The summed E-state index contributed by atoms with van der Waals surface area (Å²) in [6.45, 7) is 6.32. The molecule has 24 heavy (non-hydrogen) atoms. The summed E-state index contributed by atoms with van der Waals surface area (Å²) in [6.07, 6.45) is 0. The Morgan fingerprint density at radius 1 is 1.00 bits per heavy atom. The SMILES string of the molecule is COc1cc2c(c(OC)c1)C(=NC(C)(C)C)C(c1ccccc1)N2. The highest BCUT2D eigenvalue weighted by Gasteiger charge is 2.34. The summed E-state index contributed by atoms with van der Waals surface area (Å²) >= 11 is 0. The van der Waals surface area contributed by atoms with Gasteiger partial charge in [0.25, 0.3) is 0 Å². The Hall–Kier alpha value is -2.49. The standard InChI is InChI=1S/C20H24N2O2/c1-20(2,3)22-19-17-15(11-14(23-4)12-16(17)24-5)21-18(19)13-9-7-6-8-10-13/h6-12,18,21H,1-5H3. The highest BCUT2D eigenvalue weighted by molar-refractivity contribution is 6.16. The van der Waals surface area contributed by atoms with E-state index in [1.165, 1.54) is 5.56 Å². The van der Waals surface area contributed by atoms with Crippen LogP contribution in [0, 0.1) is 0 Å². The second kappa shape index (κ2) is 6.19. The molecule has 1 N–H and O–H groups in total. The molecule has 0 amide bonds. The third-order valence-electron chi connectivity index (χ3n) is 3.95. The largest absolute Gasteiger partial charge is 0.497 e. The quantitative estimate of drug-likeness (QED) is 0.906. The molecule has 3 rings (SSSR count). The van der Waals surface area contributed by atoms with E-state index in [0.717, 1.165) is 28.5 Å². The molecule has 1 aliphatic heterocycles. The summed E-state index contributed by atoms with van der Waals surface area (Å²) in [6, 6.07) is 14.3. The maximum Gasteiger partial charge on any atom is 0.133 e. The fraction of sp³-hybridized carbons (Fsp3) is 0.350. The molecule has 2 aromatic carbocycles. The Labute approximate surface area is 143 Å². The van der Waals surface area contributed by atoms with Crippen molar-refractivity contribution in [3.63, 3.8) is 0 Å². The number of methoxy groups -OCH3 is 2. The Balaban J connectivity index is 2.19. The number of hydrogen-bond donors (Lipinski definition) is 1. The summed E-state index contributed by atoms with van der Waals surface area (Å²) in [7, 11) is 3.34. The number of ether oxygens (including phenoxy) is 2. The topological polar surface area (TPSA) is 42.9 Å². The lowest BCUT2D eigenvalue weighted by Gasteiger charge is -2.19. The zero-order valence-corrected chi connectivity index (χ0v) is 14.9. The molecule has 0 aromatic heterocycles. The normalized spacial score (nSPS) is 18.2. The first-order valence-electron chi connectivity index (χ1n) is 8.10. The number of rotatable bonds is 3. The number of nitrogens with one attached hydrogen (secondary N) is 1. The van der Waals surface area contributed by atoms with Crippen LogP contribution in [-0.2, 0) is 0 Å². The van der Waals surface area contributed by atoms with E-state index in [9.17, 15) is 0 Å². The summed E-state index contributed by atoms with van der Waals surface area (Å²) < 4.78 is 11.0. The second-order valence-electron chi connectivity index (χ2n) is 6.91. The molecule has 1 atom stereocenters. The van der Waals surface area contributed by atoms with Crippen LogP contribution < -0.4 is 14.8 Å². The monoisotopic (exact) mass is 324 g/mol. The molecule has 0 aliphatic carbocycles. The van der Waals surface area contributed by atoms with Crippen LogP contribution in [0.4, 0.5) is 5.69 Å². The Morgan fingerprint density at radius 2 is 1.71 bits per heavy atom. The summed E-state index contributed by atoms with van der Waals surface area (Å²) in [5, 5.41) is 3.58. The first-order valence-corrected chi connectivity index (χ1v) is 8.10. The van der Waals surface area contributed by atoms with Gasteiger partial charge in [0.05, 0.1) is 42.8 Å². The molecule has 0 saturated heterocycles. The Kier molecular flexibility index (Phi) is 4.22. The van der Waals surface area contributed by atoms with E-state index in [0.29, 0.717) is 0 Å². The Bertz CT molecular complexity index is 761. The fourth-order valence-electron chi connectivity index (χ4n) is 2.98. The highest BCUT2D eigenvalue weighted by atomic mass is 16.5. The molecular weight excluding hydrogens is 300 g/mol. The zero-order chi connectivity index (χ0) is 17.3. The number of nitrogens with zero attached hydrogens (tertiary/aromatic N) is 1. The number of benzene rings is 2. The molecule has 0 saturated carbocycles. The molecule has 0 spiro atoms. The van der Waals surface area contributed by atoms with E-state index in [1.54, 1.807) is 14.2 Å². The highest BCUT2D eigenvalue weighted by Crippen LogP contribution is 2.43. The molecule has 1 aliphatic rings. The summed E-state index contributed by atoms with van der Waals surface area (Å²) in [5.41, 5.74) is 4.00. The predicted octanol–water partition coefficient (Wildman–Crippen LogP) is 4.46. The smallest absolute Gasteiger partial charge is 0.133 e. The minimum Gasteiger partial charge on any atom is -0.497 e. The van der Waals surface area contributed by atoms with Gasteiger partial charge in [-0.2, -0.15) is 0 Å². The average molecular weight is 324 g/mol. The van der Waals surface area contributed by atoms with Crippen LogP contribution in [0.2, 0.25) is 0 Å². The van der Waals surface area contributed by atoms with Gasteiger partial charge in [-0.3, -0.25) is 4.99 Å². The molecule has 1 unspecified atom stereocenters. The van der Waals surface area contributed by atoms with Crippen LogP contribution in [0.25, 0.3) is 0 Å². The van der Waals surface area contributed by atoms with Crippen molar-refractivity contribution in [3.8, 4) is 11.5 Å². The van der Waals surface area contributed by atoms with Gasteiger partial charge in [-0.25, -0.2) is 0 Å². The first kappa shape index (κ1) is 16.4. The minimum atomic E-state index is -0.184. The van der Waals surface area contributed by atoms with Crippen LogP contribution in [0.15, 0.2) is 47.5 Å². The molecule has 126 valence electrons. The van der Waals surface area contributed by atoms with Crippen molar-refractivity contribution in [1.29, 1.82) is 0 Å². The van der Waals surface area contributed by atoms with E-state index in [4.69, 9.17) is 14.5 Å². The van der Waals surface area contributed by atoms with Gasteiger partial charge in [0, 0.05) is 12.1 Å². The Morgan fingerprint density at radius 3 is 2.29 bits per heavy atom. The number of anilines is 1. The third kappa shape index (κ3) is 3.09. The van der Waals surface area contributed by atoms with Crippen molar-refractivity contribution in [2.24, 2.45) is 4.99 Å². The van der Waals surface area contributed by atoms with E-state index < -0.39 is 0 Å². The zero-order valence-electron chi connectivity index (χ0n) is 14.9. The van der Waals surface area contributed by atoms with E-state index in [1.807, 2.05) is 30.3 Å². The molecule has 4 nitrogen and oxygen atoms in total. The molecule has 1 heterocycles. The van der Waals surface area contributed by atoms with Crippen LogP contribution in [0.1, 0.15) is 37.9 Å². The molecular formula is C20H24N2O2. The third-order valence-corrected chi connectivity index (χ3v) is 3.95. The lowest BCUT2D eigenvalue weighted by molar-refractivity contribution is 0.394. The van der Waals surface area contributed by atoms with Crippen molar-refractivity contribution < 1.29 is 9.47 Å². The molecule has 0 fully saturated rings. The van der Waals surface area contributed by atoms with Gasteiger partial charge in [-0.1, -0.05) is 30.3 Å². The first-order chi connectivity index (χ1) is 11.4. The maximum atomic E-state index is 5.63. The van der Waals surface area contributed by atoms with Gasteiger partial charge in [-0.15, -0.1) is 0 Å².